The van der Waals surface area contributed by atoms with E-state index in [4.69, 9.17) is 0 Å². The van der Waals surface area contributed by atoms with E-state index in [9.17, 15) is 13.9 Å². The SMILES string of the molecule is CNC1(O)CCCC(F)(F)C1. The van der Waals surface area contributed by atoms with E-state index in [2.05, 4.69) is 5.32 Å². The molecule has 2 nitrogen and oxygen atoms in total. The molecule has 1 saturated carbocycles. The predicted octanol–water partition coefficient (Wildman–Crippen LogP) is 1.10. The van der Waals surface area contributed by atoms with Gasteiger partial charge in [0.1, 0.15) is 5.72 Å². The maximum absolute atomic E-state index is 12.7. The Hall–Kier alpha value is -0.220. The third-order valence-electron chi connectivity index (χ3n) is 2.15. The summed E-state index contributed by atoms with van der Waals surface area (Å²) in [5, 5.41) is 11.9. The highest BCUT2D eigenvalue weighted by Crippen LogP contribution is 2.37. The fraction of sp³-hybridized carbons (Fsp3) is 1.00. The van der Waals surface area contributed by atoms with Crippen LogP contribution in [0.15, 0.2) is 0 Å². The van der Waals surface area contributed by atoms with E-state index in [-0.39, 0.29) is 6.42 Å². The Morgan fingerprint density at radius 3 is 2.36 bits per heavy atom. The quantitative estimate of drug-likeness (QED) is 0.570. The molecule has 1 atom stereocenters. The van der Waals surface area contributed by atoms with E-state index < -0.39 is 18.1 Å². The normalized spacial score (nSPS) is 37.1. The summed E-state index contributed by atoms with van der Waals surface area (Å²) in [5.41, 5.74) is -1.35. The van der Waals surface area contributed by atoms with Gasteiger partial charge in [-0.3, -0.25) is 5.32 Å². The number of halogens is 2. The van der Waals surface area contributed by atoms with Crippen molar-refractivity contribution in [2.75, 3.05) is 7.05 Å². The molecule has 0 aromatic heterocycles. The average Bonchev–Trinajstić information content (AvgIpc) is 1.85. The van der Waals surface area contributed by atoms with Crippen molar-refractivity contribution in [2.45, 2.75) is 37.3 Å². The number of rotatable bonds is 1. The van der Waals surface area contributed by atoms with E-state index >= 15 is 0 Å². The smallest absolute Gasteiger partial charge is 0.252 e. The lowest BCUT2D eigenvalue weighted by atomic mass is 9.89. The van der Waals surface area contributed by atoms with E-state index in [0.717, 1.165) is 0 Å². The largest absolute Gasteiger partial charge is 0.376 e. The standard InChI is InChI=1S/C7H13F2NO/c1-10-7(11)4-2-3-6(8,9)5-7/h10-11H,2-5H2,1H3. The molecule has 0 saturated heterocycles. The minimum atomic E-state index is -2.70. The lowest BCUT2D eigenvalue weighted by Gasteiger charge is -2.36. The van der Waals surface area contributed by atoms with Crippen molar-refractivity contribution >= 4 is 0 Å². The van der Waals surface area contributed by atoms with E-state index in [1.807, 2.05) is 0 Å². The second kappa shape index (κ2) is 2.68. The number of hydrogen-bond donors (Lipinski definition) is 2. The molecule has 1 aliphatic rings. The first-order valence-electron chi connectivity index (χ1n) is 3.77. The van der Waals surface area contributed by atoms with Gasteiger partial charge in [-0.2, -0.15) is 0 Å². The molecule has 1 rings (SSSR count). The van der Waals surface area contributed by atoms with Crippen molar-refractivity contribution in [1.29, 1.82) is 0 Å². The Labute approximate surface area is 64.6 Å². The van der Waals surface area contributed by atoms with Gasteiger partial charge in [0.25, 0.3) is 5.92 Å². The Morgan fingerprint density at radius 1 is 1.36 bits per heavy atom. The van der Waals surface area contributed by atoms with Gasteiger partial charge in [0.05, 0.1) is 6.42 Å². The maximum atomic E-state index is 12.7. The number of aliphatic hydroxyl groups is 1. The maximum Gasteiger partial charge on any atom is 0.252 e. The highest BCUT2D eigenvalue weighted by atomic mass is 19.3. The molecule has 0 spiro atoms. The van der Waals surface area contributed by atoms with Crippen LogP contribution in [0.25, 0.3) is 0 Å². The van der Waals surface area contributed by atoms with Crippen molar-refractivity contribution < 1.29 is 13.9 Å². The molecule has 0 radical (unpaired) electrons. The van der Waals surface area contributed by atoms with E-state index in [0.29, 0.717) is 12.8 Å². The van der Waals surface area contributed by atoms with Crippen LogP contribution in [0.1, 0.15) is 25.7 Å². The molecule has 0 aromatic carbocycles. The first-order chi connectivity index (χ1) is 4.97. The molecule has 4 heteroatoms. The number of hydrogen-bond acceptors (Lipinski definition) is 2. The zero-order valence-corrected chi connectivity index (χ0v) is 6.53. The molecule has 1 fully saturated rings. The molecule has 66 valence electrons. The first kappa shape index (κ1) is 8.87. The molecule has 0 bridgehead atoms. The zero-order chi connectivity index (χ0) is 8.54. The molecule has 2 N–H and O–H groups in total. The topological polar surface area (TPSA) is 32.3 Å². The van der Waals surface area contributed by atoms with E-state index in [1.165, 1.54) is 7.05 Å². The molecule has 0 aliphatic heterocycles. The van der Waals surface area contributed by atoms with Gasteiger partial charge in [0, 0.05) is 6.42 Å². The van der Waals surface area contributed by atoms with Gasteiger partial charge in [-0.25, -0.2) is 8.78 Å². The van der Waals surface area contributed by atoms with Crippen molar-refractivity contribution in [3.63, 3.8) is 0 Å². The van der Waals surface area contributed by atoms with Gasteiger partial charge in [0.15, 0.2) is 0 Å². The van der Waals surface area contributed by atoms with Gasteiger partial charge in [-0.05, 0) is 19.9 Å². The van der Waals surface area contributed by atoms with Gasteiger partial charge in [-0.1, -0.05) is 0 Å². The van der Waals surface area contributed by atoms with Gasteiger partial charge in [0.2, 0.25) is 0 Å². The van der Waals surface area contributed by atoms with Crippen LogP contribution in [-0.2, 0) is 0 Å². The minimum absolute atomic E-state index is 0.100. The second-order valence-corrected chi connectivity index (χ2v) is 3.17. The molecule has 0 aromatic rings. The van der Waals surface area contributed by atoms with Crippen molar-refractivity contribution in [2.24, 2.45) is 0 Å². The Morgan fingerprint density at radius 2 is 2.00 bits per heavy atom. The summed E-state index contributed by atoms with van der Waals surface area (Å²) in [5.74, 6) is -2.70. The summed E-state index contributed by atoms with van der Waals surface area (Å²) >= 11 is 0. The molecular formula is C7H13F2NO. The van der Waals surface area contributed by atoms with Gasteiger partial charge >= 0.3 is 0 Å². The summed E-state index contributed by atoms with van der Waals surface area (Å²) in [6.45, 7) is 0. The van der Waals surface area contributed by atoms with Crippen molar-refractivity contribution in [1.82, 2.24) is 5.32 Å². The highest BCUT2D eigenvalue weighted by Gasteiger charge is 2.43. The summed E-state index contributed by atoms with van der Waals surface area (Å²) in [7, 11) is 1.50. The summed E-state index contributed by atoms with van der Waals surface area (Å²) in [4.78, 5) is 0. The summed E-state index contributed by atoms with van der Waals surface area (Å²) in [6, 6.07) is 0. The van der Waals surface area contributed by atoms with Crippen LogP contribution in [0, 0.1) is 0 Å². The summed E-state index contributed by atoms with van der Waals surface area (Å²) < 4.78 is 25.4. The highest BCUT2D eigenvalue weighted by molar-refractivity contribution is 4.87. The van der Waals surface area contributed by atoms with Gasteiger partial charge in [-0.15, -0.1) is 0 Å². The zero-order valence-electron chi connectivity index (χ0n) is 6.53. The monoisotopic (exact) mass is 165 g/mol. The summed E-state index contributed by atoms with van der Waals surface area (Å²) in [6.07, 6.45) is 0.233. The predicted molar refractivity (Wildman–Crippen MR) is 37.4 cm³/mol. The van der Waals surface area contributed by atoms with Crippen LogP contribution in [0.4, 0.5) is 8.78 Å². The van der Waals surface area contributed by atoms with Crippen LogP contribution in [0.5, 0.6) is 0 Å². The Kier molecular flexibility index (Phi) is 2.16. The number of nitrogens with one attached hydrogen (secondary N) is 1. The molecular weight excluding hydrogens is 152 g/mol. The lowest BCUT2D eigenvalue weighted by molar-refractivity contribution is -0.135. The Balaban J connectivity index is 2.59. The fourth-order valence-corrected chi connectivity index (χ4v) is 1.46. The average molecular weight is 165 g/mol. The van der Waals surface area contributed by atoms with Crippen LogP contribution in [0.2, 0.25) is 0 Å². The Bertz CT molecular complexity index is 151. The van der Waals surface area contributed by atoms with Crippen LogP contribution in [-0.4, -0.2) is 23.8 Å². The van der Waals surface area contributed by atoms with Crippen molar-refractivity contribution in [3.8, 4) is 0 Å². The third-order valence-corrected chi connectivity index (χ3v) is 2.15. The van der Waals surface area contributed by atoms with E-state index in [1.54, 1.807) is 0 Å². The lowest BCUT2D eigenvalue weighted by Crippen LogP contribution is -2.50. The molecule has 11 heavy (non-hydrogen) atoms. The molecule has 1 unspecified atom stereocenters. The van der Waals surface area contributed by atoms with Crippen molar-refractivity contribution in [3.05, 3.63) is 0 Å². The molecule has 0 heterocycles. The fourth-order valence-electron chi connectivity index (χ4n) is 1.46. The first-order valence-corrected chi connectivity index (χ1v) is 3.77. The number of alkyl halides is 2. The molecule has 1 aliphatic carbocycles. The van der Waals surface area contributed by atoms with Crippen LogP contribution < -0.4 is 5.32 Å². The molecule has 0 amide bonds. The van der Waals surface area contributed by atoms with Crippen LogP contribution >= 0.6 is 0 Å². The second-order valence-electron chi connectivity index (χ2n) is 3.17. The third kappa shape index (κ3) is 2.10. The minimum Gasteiger partial charge on any atom is -0.376 e. The van der Waals surface area contributed by atoms with Gasteiger partial charge < -0.3 is 5.11 Å². The van der Waals surface area contributed by atoms with Crippen LogP contribution in [0.3, 0.4) is 0 Å².